The van der Waals surface area contributed by atoms with Gasteiger partial charge in [-0.05, 0) is 37.0 Å². The smallest absolute Gasteiger partial charge is 0.224 e. The van der Waals surface area contributed by atoms with Gasteiger partial charge in [0.2, 0.25) is 11.8 Å². The molecule has 0 radical (unpaired) electrons. The van der Waals surface area contributed by atoms with Crippen LogP contribution in [-0.4, -0.2) is 43.5 Å². The second-order valence-corrected chi connectivity index (χ2v) is 5.70. The number of likely N-dealkylation sites (tertiary alicyclic amines) is 1. The Morgan fingerprint density at radius 3 is 2.95 bits per heavy atom. The summed E-state index contributed by atoms with van der Waals surface area (Å²) in [7, 11) is 1.64. The third-order valence-corrected chi connectivity index (χ3v) is 4.08. The molecular formula is C17H24N2O3. The number of nitrogens with one attached hydrogen (secondary N) is 1. The first kappa shape index (κ1) is 16.3. The van der Waals surface area contributed by atoms with Crippen molar-refractivity contribution in [1.29, 1.82) is 0 Å². The Morgan fingerprint density at radius 2 is 2.23 bits per heavy atom. The fourth-order valence-corrected chi connectivity index (χ4v) is 2.78. The van der Waals surface area contributed by atoms with E-state index in [9.17, 15) is 9.59 Å². The summed E-state index contributed by atoms with van der Waals surface area (Å²) in [5, 5.41) is 2.98. The molecule has 1 aromatic carbocycles. The Morgan fingerprint density at radius 1 is 1.41 bits per heavy atom. The molecule has 1 heterocycles. The van der Waals surface area contributed by atoms with Gasteiger partial charge in [-0.2, -0.15) is 0 Å². The predicted octanol–water partition coefficient (Wildman–Crippen LogP) is 1.61. The number of rotatable bonds is 5. The zero-order valence-electron chi connectivity index (χ0n) is 13.3. The van der Waals surface area contributed by atoms with Crippen molar-refractivity contribution in [2.45, 2.75) is 26.2 Å². The topological polar surface area (TPSA) is 58.6 Å². The molecule has 1 saturated heterocycles. The highest BCUT2D eigenvalue weighted by molar-refractivity contribution is 5.80. The summed E-state index contributed by atoms with van der Waals surface area (Å²) in [5.74, 6) is 0.846. The summed E-state index contributed by atoms with van der Waals surface area (Å²) in [6.45, 7) is 3.47. The van der Waals surface area contributed by atoms with E-state index in [-0.39, 0.29) is 17.7 Å². The van der Waals surface area contributed by atoms with E-state index in [4.69, 9.17) is 4.74 Å². The van der Waals surface area contributed by atoms with Gasteiger partial charge in [-0.15, -0.1) is 0 Å². The van der Waals surface area contributed by atoms with E-state index < -0.39 is 0 Å². The summed E-state index contributed by atoms with van der Waals surface area (Å²) >= 11 is 0. The first-order chi connectivity index (χ1) is 10.6. The van der Waals surface area contributed by atoms with Gasteiger partial charge >= 0.3 is 0 Å². The lowest BCUT2D eigenvalue weighted by Gasteiger charge is -2.31. The number of nitrogens with zero attached hydrogens (tertiary/aromatic N) is 1. The van der Waals surface area contributed by atoms with E-state index in [1.54, 1.807) is 18.9 Å². The molecule has 5 nitrogen and oxygen atoms in total. The van der Waals surface area contributed by atoms with Gasteiger partial charge in [0, 0.05) is 26.6 Å². The van der Waals surface area contributed by atoms with Crippen LogP contribution in [0.15, 0.2) is 24.3 Å². The van der Waals surface area contributed by atoms with Crippen LogP contribution in [0.3, 0.4) is 0 Å². The minimum Gasteiger partial charge on any atom is -0.497 e. The highest BCUT2D eigenvalue weighted by Gasteiger charge is 2.26. The number of hydrogen-bond acceptors (Lipinski definition) is 3. The first-order valence-electron chi connectivity index (χ1n) is 7.76. The van der Waals surface area contributed by atoms with Crippen molar-refractivity contribution in [2.75, 3.05) is 26.7 Å². The van der Waals surface area contributed by atoms with Gasteiger partial charge in [0.1, 0.15) is 5.75 Å². The lowest BCUT2D eigenvalue weighted by Crippen LogP contribution is -2.45. The van der Waals surface area contributed by atoms with Crippen LogP contribution in [0.5, 0.6) is 5.75 Å². The number of amides is 2. The van der Waals surface area contributed by atoms with Crippen molar-refractivity contribution in [2.24, 2.45) is 5.92 Å². The number of ether oxygens (including phenoxy) is 1. The maximum absolute atomic E-state index is 12.2. The summed E-state index contributed by atoms with van der Waals surface area (Å²) in [6, 6.07) is 7.85. The van der Waals surface area contributed by atoms with Crippen LogP contribution in [-0.2, 0) is 16.0 Å². The maximum Gasteiger partial charge on any atom is 0.224 e. The van der Waals surface area contributed by atoms with E-state index in [1.165, 1.54) is 0 Å². The molecule has 1 fully saturated rings. The second kappa shape index (κ2) is 7.82. The molecule has 1 aromatic rings. The van der Waals surface area contributed by atoms with E-state index in [0.717, 1.165) is 37.1 Å². The Balaban J connectivity index is 1.78. The second-order valence-electron chi connectivity index (χ2n) is 5.70. The molecule has 2 amide bonds. The van der Waals surface area contributed by atoms with Crippen molar-refractivity contribution in [3.63, 3.8) is 0 Å². The fourth-order valence-electron chi connectivity index (χ4n) is 2.78. The summed E-state index contributed by atoms with van der Waals surface area (Å²) in [6.07, 6.45) is 2.52. The highest BCUT2D eigenvalue weighted by Crippen LogP contribution is 2.17. The molecule has 5 heteroatoms. The van der Waals surface area contributed by atoms with Crippen LogP contribution in [0.1, 0.15) is 25.3 Å². The quantitative estimate of drug-likeness (QED) is 0.899. The monoisotopic (exact) mass is 304 g/mol. The highest BCUT2D eigenvalue weighted by atomic mass is 16.5. The minimum absolute atomic E-state index is 0.0499. The number of methoxy groups -OCH3 is 1. The number of piperidine rings is 1. The third-order valence-electron chi connectivity index (χ3n) is 4.08. The van der Waals surface area contributed by atoms with Gasteiger partial charge in [0.15, 0.2) is 0 Å². The van der Waals surface area contributed by atoms with E-state index in [1.807, 2.05) is 24.3 Å². The summed E-state index contributed by atoms with van der Waals surface area (Å²) < 4.78 is 5.19. The lowest BCUT2D eigenvalue weighted by molar-refractivity contribution is -0.133. The van der Waals surface area contributed by atoms with Crippen LogP contribution in [0.25, 0.3) is 0 Å². The molecule has 1 unspecified atom stereocenters. The SMILES string of the molecule is COc1cccc(CCNC(=O)C2CCCN(C(C)=O)C2)c1. The molecule has 1 aliphatic rings. The maximum atomic E-state index is 12.2. The molecule has 0 aliphatic carbocycles. The minimum atomic E-state index is -0.0806. The van der Waals surface area contributed by atoms with Crippen molar-refractivity contribution >= 4 is 11.8 Å². The van der Waals surface area contributed by atoms with Gasteiger partial charge in [-0.25, -0.2) is 0 Å². The largest absolute Gasteiger partial charge is 0.497 e. The zero-order chi connectivity index (χ0) is 15.9. The molecule has 22 heavy (non-hydrogen) atoms. The first-order valence-corrected chi connectivity index (χ1v) is 7.76. The number of carbonyl (C=O) groups is 2. The standard InChI is InChI=1S/C17H24N2O3/c1-13(20)19-10-4-6-15(12-19)17(21)18-9-8-14-5-3-7-16(11-14)22-2/h3,5,7,11,15H,4,6,8-10,12H2,1-2H3,(H,18,21). The van der Waals surface area contributed by atoms with Crippen molar-refractivity contribution < 1.29 is 14.3 Å². The molecule has 120 valence electrons. The summed E-state index contributed by atoms with van der Waals surface area (Å²) in [4.78, 5) is 25.4. The number of carbonyl (C=O) groups excluding carboxylic acids is 2. The van der Waals surface area contributed by atoms with Gasteiger partial charge in [0.05, 0.1) is 13.0 Å². The number of hydrogen-bond donors (Lipinski definition) is 1. The van der Waals surface area contributed by atoms with E-state index in [0.29, 0.717) is 13.1 Å². The average molecular weight is 304 g/mol. The van der Waals surface area contributed by atoms with Crippen molar-refractivity contribution in [3.8, 4) is 5.75 Å². The molecule has 0 bridgehead atoms. The molecule has 0 spiro atoms. The molecule has 0 saturated carbocycles. The van der Waals surface area contributed by atoms with Crippen LogP contribution in [0.2, 0.25) is 0 Å². The van der Waals surface area contributed by atoms with Crippen molar-refractivity contribution in [1.82, 2.24) is 10.2 Å². The van der Waals surface area contributed by atoms with Crippen molar-refractivity contribution in [3.05, 3.63) is 29.8 Å². The molecule has 1 aliphatic heterocycles. The predicted molar refractivity (Wildman–Crippen MR) is 84.7 cm³/mol. The van der Waals surface area contributed by atoms with E-state index >= 15 is 0 Å². The van der Waals surface area contributed by atoms with Crippen LogP contribution >= 0.6 is 0 Å². The average Bonchev–Trinajstić information content (AvgIpc) is 2.55. The Labute approximate surface area is 131 Å². The molecule has 0 aromatic heterocycles. The molecule has 1 atom stereocenters. The molecule has 2 rings (SSSR count). The molecule has 1 N–H and O–H groups in total. The Hall–Kier alpha value is -2.04. The van der Waals surface area contributed by atoms with E-state index in [2.05, 4.69) is 5.32 Å². The number of benzene rings is 1. The van der Waals surface area contributed by atoms with Gasteiger partial charge < -0.3 is 15.0 Å². The Bertz CT molecular complexity index is 530. The summed E-state index contributed by atoms with van der Waals surface area (Å²) in [5.41, 5.74) is 1.13. The third kappa shape index (κ3) is 4.48. The molecular weight excluding hydrogens is 280 g/mol. The van der Waals surface area contributed by atoms with Crippen LogP contribution < -0.4 is 10.1 Å². The zero-order valence-corrected chi connectivity index (χ0v) is 13.3. The Kier molecular flexibility index (Phi) is 5.81. The van der Waals surface area contributed by atoms with Crippen LogP contribution in [0.4, 0.5) is 0 Å². The van der Waals surface area contributed by atoms with Gasteiger partial charge in [-0.1, -0.05) is 12.1 Å². The fraction of sp³-hybridized carbons (Fsp3) is 0.529. The normalized spacial score (nSPS) is 17.9. The van der Waals surface area contributed by atoms with Gasteiger partial charge in [0.25, 0.3) is 0 Å². The lowest BCUT2D eigenvalue weighted by atomic mass is 9.97. The van der Waals surface area contributed by atoms with Crippen LogP contribution in [0, 0.1) is 5.92 Å². The van der Waals surface area contributed by atoms with Gasteiger partial charge in [-0.3, -0.25) is 9.59 Å².